The number of unbranched alkanes of at least 4 members (excludes halogenated alkanes) is 1. The highest BCUT2D eigenvalue weighted by molar-refractivity contribution is 9.10. The first-order chi connectivity index (χ1) is 48.5. The third-order valence-electron chi connectivity index (χ3n) is 25.9. The monoisotopic (exact) mass is 1570 g/mol. The van der Waals surface area contributed by atoms with E-state index in [0.717, 1.165) is 41.7 Å². The largest absolute Gasteiger partial charge is 0.340 e. The van der Waals surface area contributed by atoms with Gasteiger partial charge in [-0.2, -0.15) is 0 Å². The third-order valence-corrected chi connectivity index (χ3v) is 52.3. The maximum absolute atomic E-state index is 4.17. The molecule has 1 unspecified atom stereocenters. The van der Waals surface area contributed by atoms with Crippen molar-refractivity contribution in [1.82, 2.24) is 13.5 Å². The Morgan fingerprint density at radius 1 is 0.350 bits per heavy atom. The van der Waals surface area contributed by atoms with Gasteiger partial charge >= 0.3 is 0 Å². The molecule has 9 heteroatoms. The summed E-state index contributed by atoms with van der Waals surface area (Å²) in [5.41, 5.74) is 42.1. The van der Waals surface area contributed by atoms with Crippen molar-refractivity contribution in [1.29, 1.82) is 0 Å². The summed E-state index contributed by atoms with van der Waals surface area (Å²) in [7, 11) is -7.65. The normalized spacial score (nSPS) is 14.3. The lowest BCUT2D eigenvalue weighted by molar-refractivity contribution is 0.401. The fraction of sp³-hybridized carbons (Fsp3) is 0.532. The molecule has 3 heterocycles. The zero-order valence-electron chi connectivity index (χ0n) is 69.4. The van der Waals surface area contributed by atoms with Gasteiger partial charge in [-0.15, -0.1) is 22.2 Å². The minimum absolute atomic E-state index is 0.582. The number of rotatable bonds is 23. The predicted molar refractivity (Wildman–Crippen MR) is 478 cm³/mol. The average molecular weight is 1580 g/mol. The number of hydrogen-bond donors (Lipinski definition) is 0. The molecule has 0 saturated carbocycles. The van der Waals surface area contributed by atoms with E-state index < -0.39 is 32.3 Å². The minimum atomic E-state index is -1.97. The first kappa shape index (κ1) is 83.7. The lowest BCUT2D eigenvalue weighted by atomic mass is 9.98. The Morgan fingerprint density at radius 2 is 0.670 bits per heavy atom. The molecule has 0 N–H and O–H groups in total. The first-order valence-electron chi connectivity index (χ1n) is 40.1. The molecule has 0 spiro atoms. The van der Waals surface area contributed by atoms with E-state index in [0.29, 0.717) is 81.4 Å². The molecular weight excluding hydrogens is 1440 g/mol. The maximum atomic E-state index is 4.17. The first-order valence-corrected chi connectivity index (χ1v) is 50.6. The molecule has 6 aromatic carbocycles. The van der Waals surface area contributed by atoms with Gasteiger partial charge in [0, 0.05) is 72.7 Å². The quantitative estimate of drug-likeness (QED) is 0.0342. The Labute approximate surface area is 650 Å². The number of hydrogen-bond acceptors (Lipinski definition) is 0. The van der Waals surface area contributed by atoms with Gasteiger partial charge in [-0.1, -0.05) is 261 Å². The van der Waals surface area contributed by atoms with Crippen molar-refractivity contribution >= 4 is 109 Å². The SMILES string of the molecule is CC(C)[Si](C#CC[N+]1(CC#C[Si](C(C)C)(C(C)C)C(C)C)c2ccc(Br)cc2-c2cc(Br)ccc21)(C(C)C)C(C)C.CCCCC(CC)Cn1c2ccc(C)cc2c2cc(-c3ccc4c(c3)[N+](CC#C[Si](C(C)C)(C(C)C)C(C)C)(CC#C[Si](C(C)C)(C(C)C)C(C)C)c3cc(C)ccc3-4)ccc21. The highest BCUT2D eigenvalue weighted by Crippen LogP contribution is 2.57. The van der Waals surface area contributed by atoms with Crippen molar-refractivity contribution in [3.05, 3.63) is 129 Å². The van der Waals surface area contributed by atoms with E-state index >= 15 is 0 Å². The summed E-state index contributed by atoms with van der Waals surface area (Å²) >= 11 is 7.52. The lowest BCUT2D eigenvalue weighted by Gasteiger charge is -2.39. The molecule has 3 nitrogen and oxygen atoms in total. The van der Waals surface area contributed by atoms with Crippen LogP contribution in [0.5, 0.6) is 0 Å². The second-order valence-electron chi connectivity index (χ2n) is 35.2. The molecule has 552 valence electrons. The van der Waals surface area contributed by atoms with Crippen LogP contribution in [0, 0.1) is 65.6 Å². The number of quaternary nitrogens is 2. The molecule has 0 amide bonds. The van der Waals surface area contributed by atoms with E-state index in [-0.39, 0.29) is 0 Å². The van der Waals surface area contributed by atoms with Crippen LogP contribution in [-0.4, -0.2) is 63.0 Å². The molecule has 7 aromatic rings. The van der Waals surface area contributed by atoms with Crippen molar-refractivity contribution < 1.29 is 0 Å². The fourth-order valence-corrected chi connectivity index (χ4v) is 42.3. The second kappa shape index (κ2) is 34.1. The number of aromatic nitrogens is 1. The molecule has 0 aliphatic carbocycles. The summed E-state index contributed by atoms with van der Waals surface area (Å²) in [4.78, 5) is 0. The van der Waals surface area contributed by atoms with Crippen LogP contribution < -0.4 is 8.97 Å². The van der Waals surface area contributed by atoms with Crippen LogP contribution in [0.25, 0.3) is 55.2 Å². The molecule has 0 radical (unpaired) electrons. The van der Waals surface area contributed by atoms with Crippen molar-refractivity contribution in [2.24, 2.45) is 5.92 Å². The Kier molecular flexibility index (Phi) is 27.8. The molecule has 0 saturated heterocycles. The van der Waals surface area contributed by atoms with Gasteiger partial charge in [-0.25, -0.2) is 8.97 Å². The van der Waals surface area contributed by atoms with Gasteiger partial charge in [-0.05, 0) is 194 Å². The molecule has 9 rings (SSSR count). The van der Waals surface area contributed by atoms with Crippen LogP contribution in [0.3, 0.4) is 0 Å². The Bertz CT molecular complexity index is 4170. The summed E-state index contributed by atoms with van der Waals surface area (Å²) < 4.78 is 6.19. The van der Waals surface area contributed by atoms with Crippen LogP contribution in [0.15, 0.2) is 118 Å². The lowest BCUT2D eigenvalue weighted by Crippen LogP contribution is -2.46. The Hall–Kier alpha value is -4.89. The molecular formula is C94H133Br2N3Si4+2. The van der Waals surface area contributed by atoms with Crippen molar-refractivity contribution in [2.45, 2.75) is 293 Å². The summed E-state index contributed by atoms with van der Waals surface area (Å²) in [5.74, 6) is 16.5. The topological polar surface area (TPSA) is 4.93 Å². The third kappa shape index (κ3) is 15.9. The van der Waals surface area contributed by atoms with Crippen LogP contribution in [-0.2, 0) is 6.54 Å². The van der Waals surface area contributed by atoms with E-state index in [1.54, 1.807) is 0 Å². The number of nitrogens with zero attached hydrogens (tertiary/aromatic N) is 3. The highest BCUT2D eigenvalue weighted by atomic mass is 79.9. The Balaban J connectivity index is 0.000000284. The predicted octanol–water partition coefficient (Wildman–Crippen LogP) is 29.6. The Morgan fingerprint density at radius 3 is 1.05 bits per heavy atom. The van der Waals surface area contributed by atoms with Gasteiger partial charge in [0.05, 0.1) is 11.1 Å². The van der Waals surface area contributed by atoms with E-state index in [4.69, 9.17) is 0 Å². The maximum Gasteiger partial charge on any atom is 0.150 e. The van der Waals surface area contributed by atoms with Gasteiger partial charge in [0.1, 0.15) is 81.2 Å². The van der Waals surface area contributed by atoms with Gasteiger partial charge < -0.3 is 4.57 Å². The highest BCUT2D eigenvalue weighted by Gasteiger charge is 2.49. The van der Waals surface area contributed by atoms with Crippen LogP contribution in [0.1, 0.15) is 217 Å². The average Bonchev–Trinajstić information content (AvgIpc) is 1.57. The van der Waals surface area contributed by atoms with Gasteiger partial charge in [0.15, 0.2) is 0 Å². The molecule has 0 fully saturated rings. The zero-order valence-corrected chi connectivity index (χ0v) is 76.5. The van der Waals surface area contributed by atoms with E-state index in [1.165, 1.54) is 115 Å². The number of aryl methyl sites for hydroxylation is 2. The number of halogens is 2. The summed E-state index contributed by atoms with van der Waals surface area (Å²) in [6, 6.07) is 42.4. The molecule has 1 atom stereocenters. The summed E-state index contributed by atoms with van der Waals surface area (Å²) in [5, 5.41) is 2.73. The van der Waals surface area contributed by atoms with Crippen LogP contribution in [0.2, 0.25) is 66.5 Å². The number of benzene rings is 6. The van der Waals surface area contributed by atoms with E-state index in [9.17, 15) is 0 Å². The van der Waals surface area contributed by atoms with Gasteiger partial charge in [-0.3, -0.25) is 0 Å². The molecule has 1 aromatic heterocycles. The molecule has 103 heavy (non-hydrogen) atoms. The van der Waals surface area contributed by atoms with Crippen molar-refractivity contribution in [3.63, 3.8) is 0 Å². The van der Waals surface area contributed by atoms with E-state index in [2.05, 4.69) is 385 Å². The molecule has 0 bridgehead atoms. The molecule has 2 aliphatic rings. The van der Waals surface area contributed by atoms with Gasteiger partial charge in [0.25, 0.3) is 0 Å². The van der Waals surface area contributed by atoms with Crippen molar-refractivity contribution in [3.8, 4) is 79.2 Å². The standard InChI is InChI=1S/C58H81N2Si2.C36H52Br2NSi2/c1-17-19-22-48(18-2)39-59-55-29-24-46(15)35-53(55)54-37-49(26-30-56(54)59)50-25-28-52-51-27-23-47(16)36-57(51)60(58(52)38-50,31-20-33-61(40(3)4,41(5)6)42(7)8)32-21-34-62(43(9)10,44(11)12)45(13)14;1-25(2)40(26(3)4,27(5)6)21-13-19-39(20-14-22-41(28(7)8,29(9)10)30(11)12)35-17-15-31(37)23-33(35)34-24-32(38)16-18-36(34)39/h23-30,35-38,40-45,48H,17-19,22,31-32,39H2,1-16H3;15-18,23-30H,19-20H2,1-12H3/q2*+1. The smallest absolute Gasteiger partial charge is 0.150 e. The number of fused-ring (bicyclic) bond motifs is 9. The fourth-order valence-electron chi connectivity index (χ4n) is 20.6. The van der Waals surface area contributed by atoms with Crippen molar-refractivity contribution in [2.75, 3.05) is 26.2 Å². The van der Waals surface area contributed by atoms with Gasteiger partial charge in [0.2, 0.25) is 0 Å². The minimum Gasteiger partial charge on any atom is -0.340 e. The summed E-state index contributed by atoms with van der Waals surface area (Å²) in [6.07, 6.45) is 5.05. The second-order valence-corrected chi connectivity index (χ2v) is 59.4. The zero-order chi connectivity index (χ0) is 76.2. The van der Waals surface area contributed by atoms with E-state index in [1.807, 2.05) is 0 Å². The summed E-state index contributed by atoms with van der Waals surface area (Å²) in [6.45, 7) is 71.3. The van der Waals surface area contributed by atoms with Crippen LogP contribution >= 0.6 is 31.9 Å². The van der Waals surface area contributed by atoms with Crippen LogP contribution in [0.4, 0.5) is 22.7 Å². The molecule has 2 aliphatic heterocycles.